The SMILES string of the molecule is O=C(CCc1c(-n2cnnn2)ccc(Cl)c1F)c1cnn(Cc2cn3cc(C4CC4)ccc3n2)c1. The zero-order valence-electron chi connectivity index (χ0n) is 18.6. The van der Waals surface area contributed by atoms with Crippen LogP contribution in [0.25, 0.3) is 11.3 Å². The van der Waals surface area contributed by atoms with Crippen molar-refractivity contribution in [3.8, 4) is 5.69 Å². The minimum Gasteiger partial charge on any atom is -0.306 e. The van der Waals surface area contributed by atoms with Crippen LogP contribution in [0.4, 0.5) is 4.39 Å². The van der Waals surface area contributed by atoms with Crippen LogP contribution in [-0.4, -0.2) is 45.2 Å². The Hall–Kier alpha value is -3.92. The average molecular weight is 491 g/mol. The molecule has 0 aliphatic heterocycles. The van der Waals surface area contributed by atoms with Gasteiger partial charge in [0.1, 0.15) is 17.8 Å². The lowest BCUT2D eigenvalue weighted by Gasteiger charge is -2.10. The lowest BCUT2D eigenvalue weighted by Crippen LogP contribution is -2.07. The molecule has 1 aliphatic rings. The van der Waals surface area contributed by atoms with Crippen molar-refractivity contribution < 1.29 is 9.18 Å². The Balaban J connectivity index is 1.15. The normalized spacial score (nSPS) is 13.5. The van der Waals surface area contributed by atoms with Crippen molar-refractivity contribution in [3.63, 3.8) is 0 Å². The van der Waals surface area contributed by atoms with Crippen molar-refractivity contribution in [2.45, 2.75) is 38.1 Å². The fourth-order valence-corrected chi connectivity index (χ4v) is 4.42. The number of Topliss-reactive ketones (excluding diaryl/α,β-unsaturated/α-hetero) is 1. The fraction of sp³-hybridized carbons (Fsp3) is 0.250. The molecule has 0 radical (unpaired) electrons. The first-order chi connectivity index (χ1) is 17.0. The third-order valence-corrected chi connectivity index (χ3v) is 6.51. The molecular weight excluding hydrogens is 471 g/mol. The molecule has 5 aromatic rings. The molecule has 0 atom stereocenters. The van der Waals surface area contributed by atoms with Gasteiger partial charge in [-0.1, -0.05) is 17.7 Å². The van der Waals surface area contributed by atoms with Crippen LogP contribution in [0.1, 0.15) is 52.4 Å². The van der Waals surface area contributed by atoms with E-state index in [9.17, 15) is 9.18 Å². The van der Waals surface area contributed by atoms with Crippen LogP contribution in [-0.2, 0) is 13.0 Å². The maximum absolute atomic E-state index is 14.8. The number of tetrazole rings is 1. The molecule has 0 amide bonds. The molecule has 0 unspecified atom stereocenters. The Morgan fingerprint density at radius 2 is 2.03 bits per heavy atom. The molecule has 11 heteroatoms. The molecule has 35 heavy (non-hydrogen) atoms. The number of rotatable bonds is 8. The van der Waals surface area contributed by atoms with Gasteiger partial charge in [0.05, 0.1) is 34.7 Å². The third kappa shape index (κ3) is 4.32. The van der Waals surface area contributed by atoms with Crippen LogP contribution in [0.5, 0.6) is 0 Å². The van der Waals surface area contributed by atoms with Crippen molar-refractivity contribution in [1.82, 2.24) is 39.4 Å². The van der Waals surface area contributed by atoms with E-state index in [0.29, 0.717) is 23.7 Å². The Morgan fingerprint density at radius 3 is 2.83 bits per heavy atom. The number of benzene rings is 1. The largest absolute Gasteiger partial charge is 0.306 e. The highest BCUT2D eigenvalue weighted by Crippen LogP contribution is 2.39. The molecule has 1 aliphatic carbocycles. The Bertz CT molecular complexity index is 1540. The van der Waals surface area contributed by atoms with E-state index in [1.54, 1.807) is 16.9 Å². The number of halogens is 2. The molecule has 0 N–H and O–H groups in total. The van der Waals surface area contributed by atoms with Gasteiger partial charge in [0.15, 0.2) is 5.78 Å². The molecule has 176 valence electrons. The summed E-state index contributed by atoms with van der Waals surface area (Å²) < 4.78 is 19.8. The number of ketones is 1. The van der Waals surface area contributed by atoms with E-state index in [4.69, 9.17) is 11.6 Å². The van der Waals surface area contributed by atoms with Crippen LogP contribution in [0.15, 0.2) is 55.4 Å². The second-order valence-corrected chi connectivity index (χ2v) is 9.10. The predicted molar refractivity (Wildman–Crippen MR) is 125 cm³/mol. The smallest absolute Gasteiger partial charge is 0.166 e. The van der Waals surface area contributed by atoms with E-state index < -0.39 is 5.82 Å². The molecular formula is C24H20ClFN8O. The zero-order chi connectivity index (χ0) is 23.9. The second-order valence-electron chi connectivity index (χ2n) is 8.70. The Morgan fingerprint density at radius 1 is 1.14 bits per heavy atom. The summed E-state index contributed by atoms with van der Waals surface area (Å²) in [5, 5.41) is 15.3. The van der Waals surface area contributed by atoms with Gasteiger partial charge < -0.3 is 4.40 Å². The van der Waals surface area contributed by atoms with E-state index in [-0.39, 0.29) is 29.2 Å². The van der Waals surface area contributed by atoms with E-state index in [0.717, 1.165) is 11.3 Å². The summed E-state index contributed by atoms with van der Waals surface area (Å²) in [5.41, 5.74) is 4.25. The highest BCUT2D eigenvalue weighted by Gasteiger charge is 2.24. The number of hydrogen-bond acceptors (Lipinski definition) is 6. The number of carbonyl (C=O) groups is 1. The lowest BCUT2D eigenvalue weighted by atomic mass is 10.0. The van der Waals surface area contributed by atoms with Gasteiger partial charge in [0, 0.05) is 30.6 Å². The summed E-state index contributed by atoms with van der Waals surface area (Å²) in [6.07, 6.45) is 11.4. The number of pyridine rings is 1. The fourth-order valence-electron chi connectivity index (χ4n) is 4.25. The standard InChI is InChI=1S/C24H20ClFN8O/c25-20-5-6-21(34-14-27-30-31-34)19(24(20)26)4-7-22(35)17-9-28-33(11-17)13-18-12-32-10-16(15-1-2-15)3-8-23(32)29-18/h3,5-6,8-12,14-15H,1-2,4,7,13H2. The molecule has 1 saturated carbocycles. The average Bonchev–Trinajstić information content (AvgIpc) is 3.23. The molecule has 0 saturated heterocycles. The zero-order valence-corrected chi connectivity index (χ0v) is 19.3. The van der Waals surface area contributed by atoms with E-state index in [1.807, 2.05) is 16.7 Å². The minimum absolute atomic E-state index is 0.0196. The summed E-state index contributed by atoms with van der Waals surface area (Å²) in [6.45, 7) is 0.445. The summed E-state index contributed by atoms with van der Waals surface area (Å²) in [5.74, 6) is -0.0588. The van der Waals surface area contributed by atoms with Gasteiger partial charge in [0.2, 0.25) is 0 Å². The van der Waals surface area contributed by atoms with Crippen LogP contribution < -0.4 is 0 Å². The number of aromatic nitrogens is 8. The quantitative estimate of drug-likeness (QED) is 0.305. The number of imidazole rings is 1. The topological polar surface area (TPSA) is 95.8 Å². The van der Waals surface area contributed by atoms with Gasteiger partial charge >= 0.3 is 0 Å². The van der Waals surface area contributed by atoms with Crippen LogP contribution in [0.2, 0.25) is 5.02 Å². The highest BCUT2D eigenvalue weighted by molar-refractivity contribution is 6.30. The highest BCUT2D eigenvalue weighted by atomic mass is 35.5. The van der Waals surface area contributed by atoms with E-state index >= 15 is 0 Å². The molecule has 0 bridgehead atoms. The lowest BCUT2D eigenvalue weighted by molar-refractivity contribution is 0.0982. The van der Waals surface area contributed by atoms with Gasteiger partial charge in [0.25, 0.3) is 0 Å². The van der Waals surface area contributed by atoms with Crippen molar-refractivity contribution >= 4 is 23.0 Å². The van der Waals surface area contributed by atoms with Gasteiger partial charge in [-0.15, -0.1) is 5.10 Å². The molecule has 1 fully saturated rings. The molecule has 0 spiro atoms. The molecule has 4 heterocycles. The minimum atomic E-state index is -0.583. The van der Waals surface area contributed by atoms with Gasteiger partial charge in [-0.3, -0.25) is 9.48 Å². The van der Waals surface area contributed by atoms with Crippen molar-refractivity contribution in [1.29, 1.82) is 0 Å². The first-order valence-electron chi connectivity index (χ1n) is 11.3. The second kappa shape index (κ2) is 8.70. The maximum Gasteiger partial charge on any atom is 0.166 e. The number of hydrogen-bond donors (Lipinski definition) is 0. The van der Waals surface area contributed by atoms with Crippen LogP contribution in [0, 0.1) is 5.82 Å². The number of nitrogens with zero attached hydrogens (tertiary/aromatic N) is 8. The summed E-state index contributed by atoms with van der Waals surface area (Å²) in [7, 11) is 0. The number of fused-ring (bicyclic) bond motifs is 1. The van der Waals surface area contributed by atoms with E-state index in [2.05, 4.69) is 37.9 Å². The molecule has 1 aromatic carbocycles. The summed E-state index contributed by atoms with van der Waals surface area (Å²) in [4.78, 5) is 17.5. The number of carbonyl (C=O) groups excluding carboxylic acids is 1. The first kappa shape index (κ1) is 21.6. The van der Waals surface area contributed by atoms with Crippen LogP contribution in [0.3, 0.4) is 0 Å². The molecule has 6 rings (SSSR count). The van der Waals surface area contributed by atoms with Crippen molar-refractivity contribution in [2.75, 3.05) is 0 Å². The third-order valence-electron chi connectivity index (χ3n) is 6.22. The van der Waals surface area contributed by atoms with Crippen molar-refractivity contribution in [2.24, 2.45) is 0 Å². The predicted octanol–water partition coefficient (Wildman–Crippen LogP) is 4.04. The van der Waals surface area contributed by atoms with Gasteiger partial charge in [-0.2, -0.15) is 5.10 Å². The van der Waals surface area contributed by atoms with Gasteiger partial charge in [-0.05, 0) is 59.4 Å². The summed E-state index contributed by atoms with van der Waals surface area (Å²) >= 11 is 5.97. The maximum atomic E-state index is 14.8. The monoisotopic (exact) mass is 490 g/mol. The van der Waals surface area contributed by atoms with Crippen molar-refractivity contribution in [3.05, 3.63) is 88.6 Å². The van der Waals surface area contributed by atoms with Gasteiger partial charge in [-0.25, -0.2) is 14.1 Å². The molecule has 4 aromatic heterocycles. The first-order valence-corrected chi connectivity index (χ1v) is 11.7. The molecule has 9 nitrogen and oxygen atoms in total. The Kier molecular flexibility index (Phi) is 5.37. The Labute approximate surface area is 204 Å². The van der Waals surface area contributed by atoms with E-state index in [1.165, 1.54) is 41.7 Å². The summed E-state index contributed by atoms with van der Waals surface area (Å²) in [6, 6.07) is 7.24. The van der Waals surface area contributed by atoms with Crippen LogP contribution >= 0.6 is 11.6 Å².